The molecule has 0 bridgehead atoms. The molecule has 0 atom stereocenters. The van der Waals surface area contributed by atoms with E-state index in [1.165, 1.54) is 0 Å². The highest BCUT2D eigenvalue weighted by molar-refractivity contribution is 5.76. The predicted octanol–water partition coefficient (Wildman–Crippen LogP) is 2.19. The maximum atomic E-state index is 12.6. The molecule has 1 saturated heterocycles. The van der Waals surface area contributed by atoms with Gasteiger partial charge in [0.05, 0.1) is 0 Å². The van der Waals surface area contributed by atoms with E-state index < -0.39 is 18.6 Å². The van der Waals surface area contributed by atoms with Crippen LogP contribution in [0.15, 0.2) is 0 Å². The topological polar surface area (TPSA) is 41.6 Å². The minimum atomic E-state index is -4.35. The van der Waals surface area contributed by atoms with Gasteiger partial charge in [-0.3, -0.25) is 4.79 Å². The summed E-state index contributed by atoms with van der Waals surface area (Å²) in [4.78, 5) is 13.0. The third-order valence-electron chi connectivity index (χ3n) is 3.57. The SMILES string of the molecule is CCOCCCN(CC(F)(F)F)C(=O)CC1CCNCC1. The molecule has 4 nitrogen and oxygen atoms in total. The second-order valence-electron chi connectivity index (χ2n) is 5.38. The van der Waals surface area contributed by atoms with Crippen molar-refractivity contribution in [3.8, 4) is 0 Å². The first kappa shape index (κ1) is 18.2. The summed E-state index contributed by atoms with van der Waals surface area (Å²) in [5.74, 6) is -0.197. The van der Waals surface area contributed by atoms with Gasteiger partial charge in [-0.2, -0.15) is 13.2 Å². The number of halogens is 3. The Bertz CT molecular complexity index is 305. The van der Waals surface area contributed by atoms with E-state index in [9.17, 15) is 18.0 Å². The Balaban J connectivity index is 2.46. The summed E-state index contributed by atoms with van der Waals surface area (Å²) in [7, 11) is 0. The summed E-state index contributed by atoms with van der Waals surface area (Å²) in [5, 5.41) is 3.18. The van der Waals surface area contributed by atoms with Crippen molar-refractivity contribution < 1.29 is 22.7 Å². The molecule has 0 aliphatic carbocycles. The Morgan fingerprint density at radius 1 is 1.33 bits per heavy atom. The molecule has 1 heterocycles. The Labute approximate surface area is 124 Å². The Hall–Kier alpha value is -0.820. The lowest BCUT2D eigenvalue weighted by Crippen LogP contribution is -2.41. The van der Waals surface area contributed by atoms with E-state index in [-0.39, 0.29) is 18.9 Å². The van der Waals surface area contributed by atoms with Crippen LogP contribution in [0.3, 0.4) is 0 Å². The van der Waals surface area contributed by atoms with Crippen LogP contribution in [0.5, 0.6) is 0 Å². The van der Waals surface area contributed by atoms with Crippen molar-refractivity contribution in [2.24, 2.45) is 5.92 Å². The molecule has 1 fully saturated rings. The molecule has 0 aromatic carbocycles. The van der Waals surface area contributed by atoms with Gasteiger partial charge in [-0.25, -0.2) is 0 Å². The number of amides is 1. The third-order valence-corrected chi connectivity index (χ3v) is 3.57. The molecule has 0 saturated carbocycles. The normalized spacial score (nSPS) is 17.0. The van der Waals surface area contributed by atoms with Crippen molar-refractivity contribution >= 4 is 5.91 Å². The van der Waals surface area contributed by atoms with Crippen LogP contribution in [-0.4, -0.2) is 56.4 Å². The van der Waals surface area contributed by atoms with Crippen molar-refractivity contribution in [2.45, 2.75) is 38.8 Å². The molecule has 0 radical (unpaired) electrons. The van der Waals surface area contributed by atoms with Gasteiger partial charge in [0.2, 0.25) is 5.91 Å². The van der Waals surface area contributed by atoms with Crippen LogP contribution in [0.2, 0.25) is 0 Å². The maximum absolute atomic E-state index is 12.6. The molecule has 1 aliphatic heterocycles. The van der Waals surface area contributed by atoms with E-state index in [4.69, 9.17) is 4.74 Å². The molecular formula is C14H25F3N2O2. The highest BCUT2D eigenvalue weighted by Gasteiger charge is 2.33. The fourth-order valence-electron chi connectivity index (χ4n) is 2.47. The number of carbonyl (C=O) groups excluding carboxylic acids is 1. The summed E-state index contributed by atoms with van der Waals surface area (Å²) >= 11 is 0. The first-order chi connectivity index (χ1) is 9.92. The number of nitrogens with zero attached hydrogens (tertiary/aromatic N) is 1. The Morgan fingerprint density at radius 3 is 2.57 bits per heavy atom. The molecule has 1 amide bonds. The molecular weight excluding hydrogens is 285 g/mol. The van der Waals surface area contributed by atoms with E-state index in [2.05, 4.69) is 5.32 Å². The lowest BCUT2D eigenvalue weighted by Gasteiger charge is -2.28. The van der Waals surface area contributed by atoms with Gasteiger partial charge < -0.3 is 15.0 Å². The Kier molecular flexibility index (Phi) is 8.03. The number of hydrogen-bond donors (Lipinski definition) is 1. The molecule has 1 aliphatic rings. The Morgan fingerprint density at radius 2 is 2.00 bits per heavy atom. The predicted molar refractivity (Wildman–Crippen MR) is 74.0 cm³/mol. The molecule has 1 rings (SSSR count). The van der Waals surface area contributed by atoms with Gasteiger partial charge in [0.25, 0.3) is 0 Å². The molecule has 0 aromatic heterocycles. The van der Waals surface area contributed by atoms with Gasteiger partial charge >= 0.3 is 6.18 Å². The highest BCUT2D eigenvalue weighted by atomic mass is 19.4. The molecule has 21 heavy (non-hydrogen) atoms. The van der Waals surface area contributed by atoms with Crippen molar-refractivity contribution in [2.75, 3.05) is 39.4 Å². The average molecular weight is 310 g/mol. The number of piperidine rings is 1. The van der Waals surface area contributed by atoms with Crippen LogP contribution in [0.25, 0.3) is 0 Å². The quantitative estimate of drug-likeness (QED) is 0.699. The van der Waals surface area contributed by atoms with Crippen LogP contribution < -0.4 is 5.32 Å². The summed E-state index contributed by atoms with van der Waals surface area (Å²) in [6.45, 7) is 3.35. The van der Waals surface area contributed by atoms with Crippen LogP contribution >= 0.6 is 0 Å². The van der Waals surface area contributed by atoms with Gasteiger partial charge in [-0.05, 0) is 45.2 Å². The molecule has 0 unspecified atom stereocenters. The smallest absolute Gasteiger partial charge is 0.382 e. The summed E-state index contributed by atoms with van der Waals surface area (Å²) < 4.78 is 42.9. The van der Waals surface area contributed by atoms with Gasteiger partial charge in [0, 0.05) is 26.2 Å². The zero-order valence-electron chi connectivity index (χ0n) is 12.5. The number of hydrogen-bond acceptors (Lipinski definition) is 3. The molecule has 1 N–H and O–H groups in total. The number of carbonyl (C=O) groups is 1. The van der Waals surface area contributed by atoms with Crippen LogP contribution in [0.1, 0.15) is 32.6 Å². The minimum absolute atomic E-state index is 0.101. The fourth-order valence-corrected chi connectivity index (χ4v) is 2.47. The highest BCUT2D eigenvalue weighted by Crippen LogP contribution is 2.21. The summed E-state index contributed by atoms with van der Waals surface area (Å²) in [6.07, 6.45) is -2.00. The average Bonchev–Trinajstić information content (AvgIpc) is 2.42. The number of ether oxygens (including phenoxy) is 1. The zero-order valence-corrected chi connectivity index (χ0v) is 12.5. The van der Waals surface area contributed by atoms with Crippen molar-refractivity contribution in [3.05, 3.63) is 0 Å². The van der Waals surface area contributed by atoms with Crippen LogP contribution in [-0.2, 0) is 9.53 Å². The molecule has 0 aromatic rings. The molecule has 7 heteroatoms. The molecule has 0 spiro atoms. The summed E-state index contributed by atoms with van der Waals surface area (Å²) in [5.41, 5.74) is 0. The van der Waals surface area contributed by atoms with E-state index >= 15 is 0 Å². The van der Waals surface area contributed by atoms with Gasteiger partial charge in [-0.1, -0.05) is 0 Å². The van der Waals surface area contributed by atoms with E-state index in [1.807, 2.05) is 6.92 Å². The largest absolute Gasteiger partial charge is 0.406 e. The number of rotatable bonds is 8. The first-order valence-electron chi connectivity index (χ1n) is 7.55. The lowest BCUT2D eigenvalue weighted by atomic mass is 9.94. The van der Waals surface area contributed by atoms with Crippen LogP contribution in [0.4, 0.5) is 13.2 Å². The van der Waals surface area contributed by atoms with Crippen LogP contribution in [0, 0.1) is 5.92 Å². The number of nitrogens with one attached hydrogen (secondary N) is 1. The van der Waals surface area contributed by atoms with Gasteiger partial charge in [0.15, 0.2) is 0 Å². The monoisotopic (exact) mass is 310 g/mol. The zero-order chi connectivity index (χ0) is 15.7. The second-order valence-corrected chi connectivity index (χ2v) is 5.38. The maximum Gasteiger partial charge on any atom is 0.406 e. The number of alkyl halides is 3. The summed E-state index contributed by atoms with van der Waals surface area (Å²) in [6, 6.07) is 0. The second kappa shape index (κ2) is 9.25. The minimum Gasteiger partial charge on any atom is -0.382 e. The van der Waals surface area contributed by atoms with Crippen molar-refractivity contribution in [1.29, 1.82) is 0 Å². The van der Waals surface area contributed by atoms with Gasteiger partial charge in [0.1, 0.15) is 6.54 Å². The third kappa shape index (κ3) is 8.26. The van der Waals surface area contributed by atoms with E-state index in [0.717, 1.165) is 30.8 Å². The standard InChI is InChI=1S/C14H25F3N2O2/c1-2-21-9-3-8-19(11-14(15,16)17)13(20)10-12-4-6-18-7-5-12/h12,18H,2-11H2,1H3. The molecule has 124 valence electrons. The van der Waals surface area contributed by atoms with Gasteiger partial charge in [-0.15, -0.1) is 0 Å². The fraction of sp³-hybridized carbons (Fsp3) is 0.929. The lowest BCUT2D eigenvalue weighted by molar-refractivity contribution is -0.162. The van der Waals surface area contributed by atoms with Crippen molar-refractivity contribution in [1.82, 2.24) is 10.2 Å². The van der Waals surface area contributed by atoms with Crippen molar-refractivity contribution in [3.63, 3.8) is 0 Å². The van der Waals surface area contributed by atoms with E-state index in [0.29, 0.717) is 19.6 Å². The van der Waals surface area contributed by atoms with E-state index in [1.54, 1.807) is 0 Å². The first-order valence-corrected chi connectivity index (χ1v) is 7.55.